The van der Waals surface area contributed by atoms with Crippen molar-refractivity contribution in [1.29, 1.82) is 0 Å². The highest BCUT2D eigenvalue weighted by atomic mass is 32.2. The number of benzene rings is 3. The summed E-state index contributed by atoms with van der Waals surface area (Å²) in [5, 5.41) is 2.53. The molecular formula is C21H16FN3O5S. The third-order valence-corrected chi connectivity index (χ3v) is 5.94. The fourth-order valence-corrected chi connectivity index (χ4v) is 4.11. The van der Waals surface area contributed by atoms with Crippen molar-refractivity contribution >= 4 is 38.4 Å². The van der Waals surface area contributed by atoms with E-state index < -0.39 is 27.5 Å². The molecule has 0 fully saturated rings. The van der Waals surface area contributed by atoms with Crippen molar-refractivity contribution in [3.8, 4) is 0 Å². The summed E-state index contributed by atoms with van der Waals surface area (Å²) >= 11 is 0. The minimum absolute atomic E-state index is 0.0333. The second-order valence-electron chi connectivity index (χ2n) is 6.67. The van der Waals surface area contributed by atoms with Crippen LogP contribution in [0.25, 0.3) is 11.1 Å². The van der Waals surface area contributed by atoms with Crippen molar-refractivity contribution in [1.82, 2.24) is 4.57 Å². The molecule has 0 bridgehead atoms. The third-order valence-electron chi connectivity index (χ3n) is 4.57. The zero-order chi connectivity index (χ0) is 22.2. The number of carbonyl (C=O) groups is 1. The van der Waals surface area contributed by atoms with E-state index in [9.17, 15) is 22.4 Å². The van der Waals surface area contributed by atoms with Crippen molar-refractivity contribution in [2.45, 2.75) is 4.90 Å². The lowest BCUT2D eigenvalue weighted by Gasteiger charge is -2.13. The average molecular weight is 441 g/mol. The van der Waals surface area contributed by atoms with E-state index in [1.165, 1.54) is 60.1 Å². The molecule has 0 saturated heterocycles. The van der Waals surface area contributed by atoms with Crippen LogP contribution in [-0.2, 0) is 17.1 Å². The van der Waals surface area contributed by atoms with Gasteiger partial charge in [0.1, 0.15) is 5.82 Å². The monoisotopic (exact) mass is 441 g/mol. The molecule has 4 rings (SSSR count). The molecule has 2 N–H and O–H groups in total. The van der Waals surface area contributed by atoms with Crippen LogP contribution in [-0.4, -0.2) is 18.9 Å². The number of halogens is 1. The number of oxazole rings is 1. The number of aryl methyl sites for hydroxylation is 1. The Morgan fingerprint density at radius 1 is 1.03 bits per heavy atom. The molecule has 8 nitrogen and oxygen atoms in total. The van der Waals surface area contributed by atoms with E-state index in [2.05, 4.69) is 10.0 Å². The Morgan fingerprint density at radius 3 is 2.58 bits per heavy atom. The van der Waals surface area contributed by atoms with Crippen LogP contribution in [0.4, 0.5) is 15.8 Å². The van der Waals surface area contributed by atoms with Gasteiger partial charge in [-0.05, 0) is 42.5 Å². The number of carbonyl (C=O) groups excluding carboxylic acids is 1. The van der Waals surface area contributed by atoms with Gasteiger partial charge in [0.25, 0.3) is 15.9 Å². The number of anilines is 2. The normalized spacial score (nSPS) is 11.4. The zero-order valence-electron chi connectivity index (χ0n) is 16.1. The van der Waals surface area contributed by atoms with Crippen LogP contribution in [0.5, 0.6) is 0 Å². The van der Waals surface area contributed by atoms with E-state index in [1.807, 2.05) is 0 Å². The van der Waals surface area contributed by atoms with Crippen LogP contribution < -0.4 is 15.8 Å². The Hall–Kier alpha value is -3.92. The number of nitrogens with zero attached hydrogens (tertiary/aromatic N) is 1. The van der Waals surface area contributed by atoms with Crippen LogP contribution in [0.15, 0.2) is 80.8 Å². The van der Waals surface area contributed by atoms with Crippen LogP contribution in [0, 0.1) is 5.82 Å². The van der Waals surface area contributed by atoms with Gasteiger partial charge in [0.05, 0.1) is 21.7 Å². The predicted molar refractivity (Wildman–Crippen MR) is 113 cm³/mol. The van der Waals surface area contributed by atoms with Crippen molar-refractivity contribution in [3.63, 3.8) is 0 Å². The molecule has 0 aliphatic heterocycles. The van der Waals surface area contributed by atoms with Crippen LogP contribution in [0.2, 0.25) is 0 Å². The van der Waals surface area contributed by atoms with E-state index in [-0.39, 0.29) is 27.4 Å². The lowest BCUT2D eigenvalue weighted by Crippen LogP contribution is -2.18. The van der Waals surface area contributed by atoms with Gasteiger partial charge in [0.2, 0.25) is 0 Å². The summed E-state index contributed by atoms with van der Waals surface area (Å²) in [4.78, 5) is 24.2. The number of hydrogen-bond acceptors (Lipinski definition) is 5. The predicted octanol–water partition coefficient (Wildman–Crippen LogP) is 3.32. The first-order valence-electron chi connectivity index (χ1n) is 9.03. The van der Waals surface area contributed by atoms with Gasteiger partial charge in [-0.2, -0.15) is 0 Å². The number of amides is 1. The Labute approximate surface area is 176 Å². The summed E-state index contributed by atoms with van der Waals surface area (Å²) in [5.74, 6) is -1.75. The largest absolute Gasteiger partial charge is 0.419 e. The first-order chi connectivity index (χ1) is 14.7. The summed E-state index contributed by atoms with van der Waals surface area (Å²) in [5.41, 5.74) is 0.868. The van der Waals surface area contributed by atoms with Crippen LogP contribution in [0.3, 0.4) is 0 Å². The Bertz CT molecular complexity index is 1470. The molecule has 0 unspecified atom stereocenters. The smallest absolute Gasteiger partial charge is 0.408 e. The summed E-state index contributed by atoms with van der Waals surface area (Å²) < 4.78 is 47.8. The molecule has 3 aromatic carbocycles. The topological polar surface area (TPSA) is 110 Å². The molecule has 0 atom stereocenters. The van der Waals surface area contributed by atoms with Gasteiger partial charge >= 0.3 is 5.76 Å². The van der Waals surface area contributed by atoms with Gasteiger partial charge < -0.3 is 9.73 Å². The van der Waals surface area contributed by atoms with E-state index in [4.69, 9.17) is 4.42 Å². The molecule has 0 radical (unpaired) electrons. The number of hydrogen-bond donors (Lipinski definition) is 2. The third kappa shape index (κ3) is 4.05. The minimum atomic E-state index is -4.11. The van der Waals surface area contributed by atoms with Crippen molar-refractivity contribution < 1.29 is 22.0 Å². The van der Waals surface area contributed by atoms with Gasteiger partial charge in [0.15, 0.2) is 5.58 Å². The fourth-order valence-electron chi connectivity index (χ4n) is 3.02. The zero-order valence-corrected chi connectivity index (χ0v) is 16.9. The van der Waals surface area contributed by atoms with Crippen LogP contribution >= 0.6 is 0 Å². The molecule has 10 heteroatoms. The Kier molecular flexibility index (Phi) is 5.07. The molecule has 1 amide bonds. The first kappa shape index (κ1) is 20.4. The minimum Gasteiger partial charge on any atom is -0.408 e. The van der Waals surface area contributed by atoms with Gasteiger partial charge in [-0.15, -0.1) is 0 Å². The Morgan fingerprint density at radius 2 is 1.81 bits per heavy atom. The number of aromatic nitrogens is 1. The number of fused-ring (bicyclic) bond motifs is 1. The quantitative estimate of drug-likeness (QED) is 0.494. The molecule has 31 heavy (non-hydrogen) atoms. The number of nitrogens with one attached hydrogen (secondary N) is 2. The summed E-state index contributed by atoms with van der Waals surface area (Å²) in [7, 11) is -2.60. The van der Waals surface area contributed by atoms with E-state index >= 15 is 0 Å². The van der Waals surface area contributed by atoms with Crippen molar-refractivity contribution in [2.75, 3.05) is 10.0 Å². The molecule has 4 aromatic rings. The van der Waals surface area contributed by atoms with Crippen molar-refractivity contribution in [2.24, 2.45) is 7.05 Å². The van der Waals surface area contributed by atoms with Crippen molar-refractivity contribution in [3.05, 3.63) is 88.7 Å². The van der Waals surface area contributed by atoms with E-state index in [1.54, 1.807) is 12.1 Å². The maximum absolute atomic E-state index is 13.4. The maximum atomic E-state index is 13.4. The van der Waals surface area contributed by atoms with Gasteiger partial charge in [-0.25, -0.2) is 17.6 Å². The highest BCUT2D eigenvalue weighted by Gasteiger charge is 2.20. The highest BCUT2D eigenvalue weighted by molar-refractivity contribution is 7.92. The molecule has 1 heterocycles. The second kappa shape index (κ2) is 7.73. The van der Waals surface area contributed by atoms with Gasteiger partial charge in [-0.1, -0.05) is 18.2 Å². The molecule has 0 spiro atoms. The molecule has 0 saturated carbocycles. The summed E-state index contributed by atoms with van der Waals surface area (Å²) in [6.45, 7) is 0. The second-order valence-corrected chi connectivity index (χ2v) is 8.35. The standard InChI is InChI=1S/C21H16FN3O5S/c1-25-18-10-9-15(12-19(18)30-21(25)27)31(28,29)24-17-8-3-2-7-16(17)20(26)23-14-6-4-5-13(22)11-14/h2-12,24H,1H3,(H,23,26). The molecule has 0 aliphatic rings. The van der Waals surface area contributed by atoms with E-state index in [0.717, 1.165) is 6.07 Å². The molecular weight excluding hydrogens is 425 g/mol. The van der Waals surface area contributed by atoms with Gasteiger partial charge in [-0.3, -0.25) is 14.1 Å². The Balaban J connectivity index is 1.65. The molecule has 0 aliphatic carbocycles. The molecule has 1 aromatic heterocycles. The lowest BCUT2D eigenvalue weighted by molar-refractivity contribution is 0.102. The number of rotatable bonds is 5. The summed E-state index contributed by atoms with van der Waals surface area (Å²) in [6, 6.07) is 15.4. The number of para-hydroxylation sites is 1. The maximum Gasteiger partial charge on any atom is 0.419 e. The lowest BCUT2D eigenvalue weighted by atomic mass is 10.1. The summed E-state index contributed by atoms with van der Waals surface area (Å²) in [6.07, 6.45) is 0. The SMILES string of the molecule is Cn1c(=O)oc2cc(S(=O)(=O)Nc3ccccc3C(=O)Nc3cccc(F)c3)ccc21. The van der Waals surface area contributed by atoms with Gasteiger partial charge in [0, 0.05) is 18.8 Å². The first-order valence-corrected chi connectivity index (χ1v) is 10.5. The van der Waals surface area contributed by atoms with E-state index in [0.29, 0.717) is 5.52 Å². The average Bonchev–Trinajstić information content (AvgIpc) is 3.01. The van der Waals surface area contributed by atoms with Crippen LogP contribution in [0.1, 0.15) is 10.4 Å². The molecule has 158 valence electrons. The fraction of sp³-hybridized carbons (Fsp3) is 0.0476. The highest BCUT2D eigenvalue weighted by Crippen LogP contribution is 2.24. The number of sulfonamides is 1.